The summed E-state index contributed by atoms with van der Waals surface area (Å²) in [5.41, 5.74) is 1.20. The average Bonchev–Trinajstić information content (AvgIpc) is 2.50. The van der Waals surface area contributed by atoms with Crippen LogP contribution in [0.3, 0.4) is 0 Å². The molecule has 0 aliphatic heterocycles. The Morgan fingerprint density at radius 1 is 1.29 bits per heavy atom. The zero-order valence-corrected chi connectivity index (χ0v) is 13.6. The van der Waals surface area contributed by atoms with E-state index in [-0.39, 0.29) is 5.41 Å². The predicted molar refractivity (Wildman–Crippen MR) is 90.2 cm³/mol. The largest absolute Gasteiger partial charge is 0.497 e. The van der Waals surface area contributed by atoms with Crippen LogP contribution in [0.4, 0.5) is 0 Å². The monoisotopic (exact) mass is 289 g/mol. The second-order valence-electron chi connectivity index (χ2n) is 5.48. The molecule has 1 aromatic rings. The van der Waals surface area contributed by atoms with E-state index in [1.165, 1.54) is 5.56 Å². The summed E-state index contributed by atoms with van der Waals surface area (Å²) in [7, 11) is 1.68. The van der Waals surface area contributed by atoms with Crippen LogP contribution in [0, 0.1) is 0 Å². The zero-order valence-electron chi connectivity index (χ0n) is 13.6. The van der Waals surface area contributed by atoms with Gasteiger partial charge in [-0.3, -0.25) is 4.99 Å². The van der Waals surface area contributed by atoms with Crippen molar-refractivity contribution in [1.29, 1.82) is 0 Å². The van der Waals surface area contributed by atoms with Gasteiger partial charge >= 0.3 is 0 Å². The normalized spacial score (nSPS) is 11.9. The van der Waals surface area contributed by atoms with Crippen molar-refractivity contribution in [3.05, 3.63) is 42.5 Å². The number of nitrogens with one attached hydrogen (secondary N) is 2. The van der Waals surface area contributed by atoms with Gasteiger partial charge < -0.3 is 15.4 Å². The van der Waals surface area contributed by atoms with Crippen LogP contribution in [-0.4, -0.2) is 32.7 Å². The fourth-order valence-electron chi connectivity index (χ4n) is 1.92. The molecule has 0 bridgehead atoms. The van der Waals surface area contributed by atoms with E-state index in [2.05, 4.69) is 55.1 Å². The molecule has 0 atom stereocenters. The summed E-state index contributed by atoms with van der Waals surface area (Å²) in [4.78, 5) is 4.66. The molecule has 0 saturated carbocycles. The van der Waals surface area contributed by atoms with Gasteiger partial charge in [0.25, 0.3) is 0 Å². The van der Waals surface area contributed by atoms with Crippen LogP contribution in [0.5, 0.6) is 5.75 Å². The first kappa shape index (κ1) is 17.1. The summed E-state index contributed by atoms with van der Waals surface area (Å²) in [6.07, 6.45) is 1.82. The molecule has 0 heterocycles. The number of nitrogens with zero attached hydrogens (tertiary/aromatic N) is 1. The van der Waals surface area contributed by atoms with Crippen LogP contribution in [0.1, 0.15) is 26.3 Å². The lowest BCUT2D eigenvalue weighted by Crippen LogP contribution is -2.38. The molecule has 0 fully saturated rings. The van der Waals surface area contributed by atoms with Crippen molar-refractivity contribution in [1.82, 2.24) is 10.6 Å². The maximum absolute atomic E-state index is 5.20. The van der Waals surface area contributed by atoms with E-state index in [0.29, 0.717) is 13.1 Å². The number of guanidine groups is 1. The van der Waals surface area contributed by atoms with E-state index in [4.69, 9.17) is 4.74 Å². The van der Waals surface area contributed by atoms with Crippen LogP contribution in [0.2, 0.25) is 0 Å². The van der Waals surface area contributed by atoms with Crippen molar-refractivity contribution in [3.63, 3.8) is 0 Å². The number of benzene rings is 1. The van der Waals surface area contributed by atoms with Gasteiger partial charge in [-0.25, -0.2) is 0 Å². The van der Waals surface area contributed by atoms with Crippen molar-refractivity contribution in [2.24, 2.45) is 4.99 Å². The lowest BCUT2D eigenvalue weighted by Gasteiger charge is -2.24. The molecule has 0 amide bonds. The number of hydrogen-bond donors (Lipinski definition) is 2. The minimum atomic E-state index is -0.0389. The number of hydrogen-bond acceptors (Lipinski definition) is 2. The number of ether oxygens (including phenoxy) is 1. The maximum atomic E-state index is 5.20. The topological polar surface area (TPSA) is 45.7 Å². The standard InChI is InChI=1S/C17H27N3O/c1-6-12-19-16(18-7-2)20-13-17(3,4)14-8-10-15(21-5)11-9-14/h6,8-11H,1,7,12-13H2,2-5H3,(H2,18,19,20). The van der Waals surface area contributed by atoms with Crippen LogP contribution in [-0.2, 0) is 5.41 Å². The molecule has 116 valence electrons. The molecule has 1 aromatic carbocycles. The van der Waals surface area contributed by atoms with Crippen molar-refractivity contribution in [2.45, 2.75) is 26.2 Å². The summed E-state index contributed by atoms with van der Waals surface area (Å²) in [5.74, 6) is 1.69. The molecular formula is C17H27N3O. The Bertz CT molecular complexity index is 463. The Kier molecular flexibility index (Phi) is 6.79. The lowest BCUT2D eigenvalue weighted by molar-refractivity contribution is 0.414. The molecular weight excluding hydrogens is 262 g/mol. The van der Waals surface area contributed by atoms with E-state index in [9.17, 15) is 0 Å². The first-order chi connectivity index (χ1) is 10.0. The fraction of sp³-hybridized carbons (Fsp3) is 0.471. The zero-order chi connectivity index (χ0) is 15.7. The predicted octanol–water partition coefficient (Wildman–Crippen LogP) is 2.71. The first-order valence-corrected chi connectivity index (χ1v) is 7.31. The molecule has 0 spiro atoms. The summed E-state index contributed by atoms with van der Waals surface area (Å²) < 4.78 is 5.20. The summed E-state index contributed by atoms with van der Waals surface area (Å²) >= 11 is 0. The highest BCUT2D eigenvalue weighted by molar-refractivity contribution is 5.79. The van der Waals surface area contributed by atoms with Gasteiger partial charge in [0.05, 0.1) is 13.7 Å². The Balaban J connectivity index is 2.77. The van der Waals surface area contributed by atoms with Gasteiger partial charge in [0.2, 0.25) is 0 Å². The molecule has 4 nitrogen and oxygen atoms in total. The third-order valence-electron chi connectivity index (χ3n) is 3.26. The number of rotatable bonds is 7. The minimum absolute atomic E-state index is 0.0389. The fourth-order valence-corrected chi connectivity index (χ4v) is 1.92. The second kappa shape index (κ2) is 8.35. The summed E-state index contributed by atoms with van der Waals surface area (Å²) in [6, 6.07) is 8.17. The molecule has 21 heavy (non-hydrogen) atoms. The Morgan fingerprint density at radius 2 is 1.95 bits per heavy atom. The molecule has 0 saturated heterocycles. The van der Waals surface area contributed by atoms with Crippen molar-refractivity contribution >= 4 is 5.96 Å². The third kappa shape index (κ3) is 5.50. The number of methoxy groups -OCH3 is 1. The van der Waals surface area contributed by atoms with Gasteiger partial charge in [-0.05, 0) is 24.6 Å². The van der Waals surface area contributed by atoms with Gasteiger partial charge in [-0.1, -0.05) is 32.1 Å². The van der Waals surface area contributed by atoms with E-state index >= 15 is 0 Å². The van der Waals surface area contributed by atoms with Gasteiger partial charge in [-0.2, -0.15) is 0 Å². The number of aliphatic imine (C=N–C) groups is 1. The highest BCUT2D eigenvalue weighted by atomic mass is 16.5. The summed E-state index contributed by atoms with van der Waals surface area (Å²) in [5, 5.41) is 6.44. The molecule has 0 radical (unpaired) electrons. The Hall–Kier alpha value is -1.97. The molecule has 1 rings (SSSR count). The Morgan fingerprint density at radius 3 is 2.48 bits per heavy atom. The molecule has 0 unspecified atom stereocenters. The van der Waals surface area contributed by atoms with Crippen LogP contribution in [0.25, 0.3) is 0 Å². The molecule has 0 aliphatic rings. The maximum Gasteiger partial charge on any atom is 0.191 e. The van der Waals surface area contributed by atoms with Crippen molar-refractivity contribution in [3.8, 4) is 5.75 Å². The van der Waals surface area contributed by atoms with Gasteiger partial charge in [0.15, 0.2) is 5.96 Å². The van der Waals surface area contributed by atoms with Gasteiger partial charge in [0, 0.05) is 18.5 Å². The lowest BCUT2D eigenvalue weighted by atomic mass is 9.85. The molecule has 0 aliphatic carbocycles. The van der Waals surface area contributed by atoms with E-state index in [1.807, 2.05) is 18.2 Å². The molecule has 0 aromatic heterocycles. The van der Waals surface area contributed by atoms with Crippen molar-refractivity contribution in [2.75, 3.05) is 26.7 Å². The Labute approximate surface area is 128 Å². The molecule has 2 N–H and O–H groups in total. The van der Waals surface area contributed by atoms with E-state index < -0.39 is 0 Å². The quantitative estimate of drug-likeness (QED) is 0.461. The van der Waals surface area contributed by atoms with Gasteiger partial charge in [-0.15, -0.1) is 6.58 Å². The summed E-state index contributed by atoms with van der Waals surface area (Å²) in [6.45, 7) is 12.4. The van der Waals surface area contributed by atoms with Crippen molar-refractivity contribution < 1.29 is 4.74 Å². The van der Waals surface area contributed by atoms with Crippen LogP contribution in [0.15, 0.2) is 41.9 Å². The minimum Gasteiger partial charge on any atom is -0.497 e. The smallest absolute Gasteiger partial charge is 0.191 e. The SMILES string of the molecule is C=CCNC(=NCC(C)(C)c1ccc(OC)cc1)NCC. The van der Waals surface area contributed by atoms with E-state index in [1.54, 1.807) is 7.11 Å². The van der Waals surface area contributed by atoms with Gasteiger partial charge in [0.1, 0.15) is 5.75 Å². The van der Waals surface area contributed by atoms with E-state index in [0.717, 1.165) is 18.3 Å². The highest BCUT2D eigenvalue weighted by Gasteiger charge is 2.20. The second-order valence-corrected chi connectivity index (χ2v) is 5.48. The highest BCUT2D eigenvalue weighted by Crippen LogP contribution is 2.25. The average molecular weight is 289 g/mol. The molecule has 4 heteroatoms. The van der Waals surface area contributed by atoms with Crippen LogP contribution < -0.4 is 15.4 Å². The first-order valence-electron chi connectivity index (χ1n) is 7.31. The van der Waals surface area contributed by atoms with Crippen LogP contribution >= 0.6 is 0 Å². The third-order valence-corrected chi connectivity index (χ3v) is 3.26.